The zero-order chi connectivity index (χ0) is 17.6. The summed E-state index contributed by atoms with van der Waals surface area (Å²) in [6.07, 6.45) is 1.63. The number of halogens is 1. The third kappa shape index (κ3) is 4.45. The first kappa shape index (κ1) is 16.7. The summed E-state index contributed by atoms with van der Waals surface area (Å²) in [6.45, 7) is 0. The summed E-state index contributed by atoms with van der Waals surface area (Å²) in [7, 11) is 1.34. The maximum Gasteiger partial charge on any atom is 0.337 e. The number of rotatable bonds is 5. The standard InChI is InChI=1S/C18H15ClN4O2/c1-25-17(24)12-4-2-6-14(10-12)22-18-20-9-8-16(23-18)21-15-7-3-5-13(19)11-15/h2-11H,1H3,(H2,20,21,22,23). The van der Waals surface area contributed by atoms with Gasteiger partial charge in [-0.3, -0.25) is 0 Å². The Labute approximate surface area is 149 Å². The minimum absolute atomic E-state index is 0.397. The second-order valence-electron chi connectivity index (χ2n) is 5.10. The van der Waals surface area contributed by atoms with Crippen LogP contribution in [0.1, 0.15) is 10.4 Å². The van der Waals surface area contributed by atoms with Gasteiger partial charge in [0, 0.05) is 22.6 Å². The fraction of sp³-hybridized carbons (Fsp3) is 0.0556. The van der Waals surface area contributed by atoms with E-state index in [9.17, 15) is 4.79 Å². The van der Waals surface area contributed by atoms with E-state index in [2.05, 4.69) is 20.6 Å². The van der Waals surface area contributed by atoms with E-state index in [-0.39, 0.29) is 0 Å². The van der Waals surface area contributed by atoms with Gasteiger partial charge in [-0.2, -0.15) is 4.98 Å². The Morgan fingerprint density at radius 1 is 1.04 bits per heavy atom. The van der Waals surface area contributed by atoms with Crippen LogP contribution in [0.2, 0.25) is 5.02 Å². The molecule has 6 nitrogen and oxygen atoms in total. The average Bonchev–Trinajstić information content (AvgIpc) is 2.61. The zero-order valence-corrected chi connectivity index (χ0v) is 14.1. The zero-order valence-electron chi connectivity index (χ0n) is 13.4. The molecule has 0 bridgehead atoms. The monoisotopic (exact) mass is 354 g/mol. The van der Waals surface area contributed by atoms with Gasteiger partial charge in [0.1, 0.15) is 5.82 Å². The number of benzene rings is 2. The van der Waals surface area contributed by atoms with Gasteiger partial charge in [-0.05, 0) is 42.5 Å². The molecule has 0 aliphatic carbocycles. The highest BCUT2D eigenvalue weighted by molar-refractivity contribution is 6.30. The molecule has 0 amide bonds. The molecule has 1 aromatic heterocycles. The van der Waals surface area contributed by atoms with Crippen LogP contribution in [-0.2, 0) is 4.74 Å². The lowest BCUT2D eigenvalue weighted by molar-refractivity contribution is 0.0601. The number of esters is 1. The molecule has 2 aromatic carbocycles. The predicted octanol–water partition coefficient (Wildman–Crippen LogP) is 4.40. The van der Waals surface area contributed by atoms with Crippen molar-refractivity contribution in [1.29, 1.82) is 0 Å². The molecule has 0 saturated heterocycles. The molecule has 3 rings (SSSR count). The van der Waals surface area contributed by atoms with Crippen molar-refractivity contribution in [2.75, 3.05) is 17.7 Å². The second-order valence-corrected chi connectivity index (χ2v) is 5.53. The van der Waals surface area contributed by atoms with Gasteiger partial charge in [-0.1, -0.05) is 23.7 Å². The first-order chi connectivity index (χ1) is 12.1. The number of methoxy groups -OCH3 is 1. The van der Waals surface area contributed by atoms with Crippen molar-refractivity contribution < 1.29 is 9.53 Å². The summed E-state index contributed by atoms with van der Waals surface area (Å²) in [5, 5.41) is 6.86. The van der Waals surface area contributed by atoms with Crippen LogP contribution in [0.15, 0.2) is 60.8 Å². The smallest absolute Gasteiger partial charge is 0.337 e. The van der Waals surface area contributed by atoms with Crippen molar-refractivity contribution in [3.63, 3.8) is 0 Å². The van der Waals surface area contributed by atoms with Crippen LogP contribution in [0.25, 0.3) is 0 Å². The number of hydrogen-bond donors (Lipinski definition) is 2. The van der Waals surface area contributed by atoms with Crippen LogP contribution in [-0.4, -0.2) is 23.0 Å². The quantitative estimate of drug-likeness (QED) is 0.661. The molecule has 0 atom stereocenters. The molecule has 7 heteroatoms. The van der Waals surface area contributed by atoms with Gasteiger partial charge in [0.2, 0.25) is 5.95 Å². The molecule has 1 heterocycles. The maximum absolute atomic E-state index is 11.6. The number of hydrogen-bond acceptors (Lipinski definition) is 6. The fourth-order valence-electron chi connectivity index (χ4n) is 2.17. The maximum atomic E-state index is 11.6. The van der Waals surface area contributed by atoms with Gasteiger partial charge in [-0.25, -0.2) is 9.78 Å². The van der Waals surface area contributed by atoms with Crippen LogP contribution >= 0.6 is 11.6 Å². The molecule has 0 radical (unpaired) electrons. The number of nitrogens with one attached hydrogen (secondary N) is 2. The van der Waals surface area contributed by atoms with Crippen molar-refractivity contribution >= 4 is 40.7 Å². The molecule has 0 saturated carbocycles. The van der Waals surface area contributed by atoms with E-state index < -0.39 is 5.97 Å². The van der Waals surface area contributed by atoms with Crippen LogP contribution in [0.5, 0.6) is 0 Å². The summed E-state index contributed by atoms with van der Waals surface area (Å²) >= 11 is 5.98. The van der Waals surface area contributed by atoms with E-state index in [1.54, 1.807) is 42.6 Å². The topological polar surface area (TPSA) is 76.1 Å². The highest BCUT2D eigenvalue weighted by Gasteiger charge is 2.07. The molecule has 0 unspecified atom stereocenters. The third-order valence-electron chi connectivity index (χ3n) is 3.29. The summed E-state index contributed by atoms with van der Waals surface area (Å²) in [5.41, 5.74) is 1.95. The van der Waals surface area contributed by atoms with Crippen molar-refractivity contribution in [2.45, 2.75) is 0 Å². The molecule has 25 heavy (non-hydrogen) atoms. The Bertz CT molecular complexity index is 902. The summed E-state index contributed by atoms with van der Waals surface area (Å²) in [6, 6.07) is 16.0. The SMILES string of the molecule is COC(=O)c1cccc(Nc2nccc(Nc3cccc(Cl)c3)n2)c1. The average molecular weight is 355 g/mol. The number of carbonyl (C=O) groups is 1. The number of ether oxygens (including phenoxy) is 1. The Kier molecular flexibility index (Phi) is 5.11. The number of nitrogens with zero attached hydrogens (tertiary/aromatic N) is 2. The second kappa shape index (κ2) is 7.63. The van der Waals surface area contributed by atoms with Crippen molar-refractivity contribution in [1.82, 2.24) is 9.97 Å². The predicted molar refractivity (Wildman–Crippen MR) is 97.8 cm³/mol. The molecule has 2 N–H and O–H groups in total. The Morgan fingerprint density at radius 2 is 1.80 bits per heavy atom. The highest BCUT2D eigenvalue weighted by Crippen LogP contribution is 2.20. The van der Waals surface area contributed by atoms with Gasteiger partial charge >= 0.3 is 5.97 Å². The molecule has 0 aliphatic rings. The number of carbonyl (C=O) groups excluding carboxylic acids is 1. The summed E-state index contributed by atoms with van der Waals surface area (Å²) in [4.78, 5) is 20.2. The van der Waals surface area contributed by atoms with Crippen LogP contribution in [0.3, 0.4) is 0 Å². The largest absolute Gasteiger partial charge is 0.465 e. The van der Waals surface area contributed by atoms with Crippen molar-refractivity contribution in [2.24, 2.45) is 0 Å². The van der Waals surface area contributed by atoms with Gasteiger partial charge in [0.15, 0.2) is 0 Å². The molecule has 0 fully saturated rings. The lowest BCUT2D eigenvalue weighted by Gasteiger charge is -2.09. The third-order valence-corrected chi connectivity index (χ3v) is 3.53. The van der Waals surface area contributed by atoms with E-state index in [4.69, 9.17) is 16.3 Å². The van der Waals surface area contributed by atoms with E-state index in [0.29, 0.717) is 28.0 Å². The molecule has 126 valence electrons. The molecule has 0 spiro atoms. The fourth-order valence-corrected chi connectivity index (χ4v) is 2.36. The summed E-state index contributed by atoms with van der Waals surface area (Å²) in [5.74, 6) is 0.610. The van der Waals surface area contributed by atoms with Gasteiger partial charge in [-0.15, -0.1) is 0 Å². The van der Waals surface area contributed by atoms with Gasteiger partial charge < -0.3 is 15.4 Å². The van der Waals surface area contributed by atoms with Crippen LogP contribution in [0.4, 0.5) is 23.1 Å². The Balaban J connectivity index is 1.77. The molecular weight excluding hydrogens is 340 g/mol. The lowest BCUT2D eigenvalue weighted by Crippen LogP contribution is -2.03. The van der Waals surface area contributed by atoms with E-state index in [1.807, 2.05) is 18.2 Å². The van der Waals surface area contributed by atoms with Crippen molar-refractivity contribution in [3.05, 3.63) is 71.4 Å². The summed E-state index contributed by atoms with van der Waals surface area (Å²) < 4.78 is 4.72. The van der Waals surface area contributed by atoms with Crippen LogP contribution < -0.4 is 10.6 Å². The molecular formula is C18H15ClN4O2. The minimum atomic E-state index is -0.402. The number of anilines is 4. The normalized spacial score (nSPS) is 10.2. The van der Waals surface area contributed by atoms with E-state index in [1.165, 1.54) is 7.11 Å². The van der Waals surface area contributed by atoms with E-state index >= 15 is 0 Å². The van der Waals surface area contributed by atoms with Gasteiger partial charge in [0.05, 0.1) is 12.7 Å². The van der Waals surface area contributed by atoms with Crippen molar-refractivity contribution in [3.8, 4) is 0 Å². The Morgan fingerprint density at radius 3 is 2.56 bits per heavy atom. The number of aromatic nitrogens is 2. The first-order valence-corrected chi connectivity index (χ1v) is 7.83. The first-order valence-electron chi connectivity index (χ1n) is 7.45. The Hall–Kier alpha value is -3.12. The molecule has 3 aromatic rings. The highest BCUT2D eigenvalue weighted by atomic mass is 35.5. The lowest BCUT2D eigenvalue weighted by atomic mass is 10.2. The molecule has 0 aliphatic heterocycles. The minimum Gasteiger partial charge on any atom is -0.465 e. The van der Waals surface area contributed by atoms with E-state index in [0.717, 1.165) is 5.69 Å². The van der Waals surface area contributed by atoms with Crippen LogP contribution in [0, 0.1) is 0 Å². The van der Waals surface area contributed by atoms with Gasteiger partial charge in [0.25, 0.3) is 0 Å².